The Kier molecular flexibility index (Phi) is 9.10. The summed E-state index contributed by atoms with van der Waals surface area (Å²) in [5.74, 6) is 2.08. The maximum Gasteiger partial charge on any atom is 0.195 e. The van der Waals surface area contributed by atoms with Crippen molar-refractivity contribution in [2.24, 2.45) is 4.99 Å². The molecule has 0 amide bonds. The zero-order valence-corrected chi connectivity index (χ0v) is 19.7. The predicted molar refractivity (Wildman–Crippen MR) is 127 cm³/mol. The number of halogens is 1. The van der Waals surface area contributed by atoms with E-state index in [4.69, 9.17) is 14.5 Å². The maximum absolute atomic E-state index is 5.34. The van der Waals surface area contributed by atoms with Crippen molar-refractivity contribution in [2.75, 3.05) is 51.1 Å². The third kappa shape index (κ3) is 5.87. The second-order valence-electron chi connectivity index (χ2n) is 6.26. The lowest BCUT2D eigenvalue weighted by molar-refractivity contribution is 0.355. The number of methoxy groups -OCH3 is 2. The first-order valence-corrected chi connectivity index (χ1v) is 10.0. The summed E-state index contributed by atoms with van der Waals surface area (Å²) in [5, 5.41) is 9.90. The number of thiazole rings is 1. The van der Waals surface area contributed by atoms with Gasteiger partial charge in [0.25, 0.3) is 0 Å². The third-order valence-corrected chi connectivity index (χ3v) is 5.41. The minimum atomic E-state index is 0. The van der Waals surface area contributed by atoms with E-state index in [0.29, 0.717) is 17.5 Å². The Bertz CT molecular complexity index is 777. The van der Waals surface area contributed by atoms with E-state index in [9.17, 15) is 0 Å². The van der Waals surface area contributed by atoms with E-state index in [1.54, 1.807) is 32.6 Å². The summed E-state index contributed by atoms with van der Waals surface area (Å²) in [4.78, 5) is 11.4. The van der Waals surface area contributed by atoms with Gasteiger partial charge in [0.15, 0.2) is 22.6 Å². The first-order chi connectivity index (χ1) is 13.2. The van der Waals surface area contributed by atoms with Gasteiger partial charge in [-0.05, 0) is 25.0 Å². The molecule has 0 saturated carbocycles. The summed E-state index contributed by atoms with van der Waals surface area (Å²) in [6.07, 6.45) is 3.40. The molecule has 2 N–H and O–H groups in total. The fraction of sp³-hybridized carbons (Fsp3) is 0.474. The number of nitrogens with one attached hydrogen (secondary N) is 2. The van der Waals surface area contributed by atoms with E-state index in [1.165, 1.54) is 12.8 Å². The molecule has 1 fully saturated rings. The number of rotatable bonds is 7. The molecule has 2 heterocycles. The molecule has 9 heteroatoms. The Labute approximate surface area is 187 Å². The van der Waals surface area contributed by atoms with E-state index < -0.39 is 0 Å². The van der Waals surface area contributed by atoms with E-state index >= 15 is 0 Å². The quantitative estimate of drug-likeness (QED) is 0.332. The number of hydrogen-bond donors (Lipinski definition) is 2. The maximum atomic E-state index is 5.34. The van der Waals surface area contributed by atoms with Crippen LogP contribution in [0.5, 0.6) is 11.5 Å². The van der Waals surface area contributed by atoms with Gasteiger partial charge in [0, 0.05) is 50.2 Å². The molecular weight excluding hydrogens is 489 g/mol. The minimum Gasteiger partial charge on any atom is -0.493 e. The normalized spacial score (nSPS) is 13.8. The van der Waals surface area contributed by atoms with Crippen LogP contribution in [0.25, 0.3) is 0 Å². The fourth-order valence-corrected chi connectivity index (χ4v) is 3.92. The smallest absolute Gasteiger partial charge is 0.195 e. The molecule has 1 aromatic heterocycles. The number of benzene rings is 1. The second-order valence-corrected chi connectivity index (χ2v) is 7.10. The van der Waals surface area contributed by atoms with Gasteiger partial charge >= 0.3 is 0 Å². The number of aliphatic imine (C=N–C) groups is 1. The number of hydrogen-bond acceptors (Lipinski definition) is 6. The number of anilines is 2. The predicted octanol–water partition coefficient (Wildman–Crippen LogP) is 3.61. The van der Waals surface area contributed by atoms with Crippen LogP contribution in [0.3, 0.4) is 0 Å². The first kappa shape index (κ1) is 22.5. The van der Waals surface area contributed by atoms with E-state index in [2.05, 4.69) is 25.9 Å². The van der Waals surface area contributed by atoms with Gasteiger partial charge in [0.2, 0.25) is 0 Å². The lowest BCUT2D eigenvalue weighted by Crippen LogP contribution is -2.32. The van der Waals surface area contributed by atoms with Crippen LogP contribution in [0.2, 0.25) is 0 Å². The molecule has 0 radical (unpaired) electrons. The molecular formula is C19H28IN5O2S. The van der Waals surface area contributed by atoms with Gasteiger partial charge in [0.05, 0.1) is 19.9 Å². The standard InChI is InChI=1S/C19H27N5O2S.HI/c1-20-18(22-14-6-7-16(25-2)17(12-14)26-3)21-9-8-15-13-27-19(23-15)24-10-4-5-11-24;/h6-7,12-13H,4-5,8-11H2,1-3H3,(H2,20,21,22);1H. The van der Waals surface area contributed by atoms with Crippen molar-refractivity contribution >= 4 is 52.1 Å². The number of ether oxygens (including phenoxy) is 2. The molecule has 1 aliphatic rings. The molecule has 0 atom stereocenters. The zero-order chi connectivity index (χ0) is 19.1. The summed E-state index contributed by atoms with van der Waals surface area (Å²) in [6.45, 7) is 3.02. The molecule has 0 aliphatic carbocycles. The largest absolute Gasteiger partial charge is 0.493 e. The minimum absolute atomic E-state index is 0. The Morgan fingerprint density at radius 2 is 1.96 bits per heavy atom. The fourth-order valence-electron chi connectivity index (χ4n) is 3.00. The van der Waals surface area contributed by atoms with Gasteiger partial charge in [-0.2, -0.15) is 0 Å². The molecule has 0 unspecified atom stereocenters. The molecule has 0 bridgehead atoms. The molecule has 3 rings (SSSR count). The highest BCUT2D eigenvalue weighted by Crippen LogP contribution is 2.29. The van der Waals surface area contributed by atoms with Crippen molar-refractivity contribution < 1.29 is 9.47 Å². The highest BCUT2D eigenvalue weighted by Gasteiger charge is 2.15. The van der Waals surface area contributed by atoms with E-state index in [-0.39, 0.29) is 24.0 Å². The molecule has 0 spiro atoms. The van der Waals surface area contributed by atoms with Crippen molar-refractivity contribution in [1.82, 2.24) is 10.3 Å². The second kappa shape index (κ2) is 11.3. The molecule has 2 aromatic rings. The van der Waals surface area contributed by atoms with Crippen LogP contribution in [-0.4, -0.2) is 51.8 Å². The van der Waals surface area contributed by atoms with Crippen LogP contribution < -0.4 is 25.0 Å². The van der Waals surface area contributed by atoms with Crippen LogP contribution in [0.4, 0.5) is 10.8 Å². The average Bonchev–Trinajstić information content (AvgIpc) is 3.38. The van der Waals surface area contributed by atoms with Crippen LogP contribution in [-0.2, 0) is 6.42 Å². The number of aromatic nitrogens is 1. The summed E-state index contributed by atoms with van der Waals surface area (Å²) < 4.78 is 10.6. The van der Waals surface area contributed by atoms with Crippen LogP contribution >= 0.6 is 35.3 Å². The lowest BCUT2D eigenvalue weighted by Gasteiger charge is -2.14. The Balaban J connectivity index is 0.00000280. The zero-order valence-electron chi connectivity index (χ0n) is 16.5. The monoisotopic (exact) mass is 517 g/mol. The Morgan fingerprint density at radius 3 is 2.64 bits per heavy atom. The molecule has 1 saturated heterocycles. The number of nitrogens with zero attached hydrogens (tertiary/aromatic N) is 3. The summed E-state index contributed by atoms with van der Waals surface area (Å²) in [6, 6.07) is 5.68. The average molecular weight is 517 g/mol. The van der Waals surface area contributed by atoms with Crippen LogP contribution in [0.1, 0.15) is 18.5 Å². The SMILES string of the molecule is CN=C(NCCc1csc(N2CCCC2)n1)Nc1ccc(OC)c(OC)c1.I. The molecule has 1 aromatic carbocycles. The molecule has 7 nitrogen and oxygen atoms in total. The van der Waals surface area contributed by atoms with E-state index in [1.807, 2.05) is 18.2 Å². The summed E-state index contributed by atoms with van der Waals surface area (Å²) in [7, 11) is 5.00. The van der Waals surface area contributed by atoms with Crippen LogP contribution in [0, 0.1) is 0 Å². The topological polar surface area (TPSA) is 71.0 Å². The number of guanidine groups is 1. The highest BCUT2D eigenvalue weighted by molar-refractivity contribution is 14.0. The van der Waals surface area contributed by atoms with Gasteiger partial charge in [-0.15, -0.1) is 35.3 Å². The molecule has 154 valence electrons. The Hall–Kier alpha value is -1.75. The van der Waals surface area contributed by atoms with Crippen molar-refractivity contribution in [3.8, 4) is 11.5 Å². The summed E-state index contributed by atoms with van der Waals surface area (Å²) in [5.41, 5.74) is 2.00. The Morgan fingerprint density at radius 1 is 1.21 bits per heavy atom. The van der Waals surface area contributed by atoms with Crippen LogP contribution in [0.15, 0.2) is 28.6 Å². The van der Waals surface area contributed by atoms with E-state index in [0.717, 1.165) is 42.6 Å². The third-order valence-electron chi connectivity index (χ3n) is 4.46. The highest BCUT2D eigenvalue weighted by atomic mass is 127. The lowest BCUT2D eigenvalue weighted by atomic mass is 10.2. The summed E-state index contributed by atoms with van der Waals surface area (Å²) >= 11 is 1.74. The van der Waals surface area contributed by atoms with Crippen molar-refractivity contribution in [2.45, 2.75) is 19.3 Å². The van der Waals surface area contributed by atoms with Gasteiger partial charge in [0.1, 0.15) is 0 Å². The first-order valence-electron chi connectivity index (χ1n) is 9.12. The van der Waals surface area contributed by atoms with Gasteiger partial charge < -0.3 is 25.0 Å². The molecule has 28 heavy (non-hydrogen) atoms. The van der Waals surface area contributed by atoms with Gasteiger partial charge in [-0.3, -0.25) is 4.99 Å². The van der Waals surface area contributed by atoms with Crippen molar-refractivity contribution in [3.05, 3.63) is 29.3 Å². The molecule has 1 aliphatic heterocycles. The van der Waals surface area contributed by atoms with Crippen molar-refractivity contribution in [1.29, 1.82) is 0 Å². The van der Waals surface area contributed by atoms with Crippen molar-refractivity contribution in [3.63, 3.8) is 0 Å². The van der Waals surface area contributed by atoms with Gasteiger partial charge in [-0.25, -0.2) is 4.98 Å². The van der Waals surface area contributed by atoms with Gasteiger partial charge in [-0.1, -0.05) is 0 Å².